The molecule has 1 aromatic heterocycles. The van der Waals surface area contributed by atoms with Crippen LogP contribution >= 0.6 is 0 Å². The van der Waals surface area contributed by atoms with E-state index in [-0.39, 0.29) is 17.6 Å². The number of amides is 1. The largest absolute Gasteiger partial charge is 0.390 e. The molecule has 2 heterocycles. The molecular formula is C17H15F2N3O2. The molecule has 1 unspecified atom stereocenters. The number of rotatable bonds is 4. The van der Waals surface area contributed by atoms with Crippen molar-refractivity contribution >= 4 is 11.6 Å². The van der Waals surface area contributed by atoms with Gasteiger partial charge in [-0.2, -0.15) is 0 Å². The van der Waals surface area contributed by atoms with Gasteiger partial charge in [0.1, 0.15) is 17.7 Å². The highest BCUT2D eigenvalue weighted by Gasteiger charge is 2.24. The summed E-state index contributed by atoms with van der Waals surface area (Å²) in [5.41, 5.74) is 1.01. The van der Waals surface area contributed by atoms with E-state index in [1.807, 2.05) is 0 Å². The van der Waals surface area contributed by atoms with Crippen LogP contribution in [0, 0.1) is 11.6 Å². The first-order valence-corrected chi connectivity index (χ1v) is 7.41. The lowest BCUT2D eigenvalue weighted by molar-refractivity contribution is -0.119. The number of halogens is 2. The number of carbonyl (C=O) groups excluding carboxylic acids is 1. The third-order valence-corrected chi connectivity index (χ3v) is 3.64. The highest BCUT2D eigenvalue weighted by Crippen LogP contribution is 2.28. The fourth-order valence-corrected chi connectivity index (χ4v) is 2.49. The number of pyridine rings is 1. The van der Waals surface area contributed by atoms with Gasteiger partial charge in [-0.25, -0.2) is 8.78 Å². The maximum Gasteiger partial charge on any atom is 0.217 e. The van der Waals surface area contributed by atoms with Gasteiger partial charge in [-0.3, -0.25) is 9.78 Å². The summed E-state index contributed by atoms with van der Waals surface area (Å²) in [5.74, 6) is -1.55. The summed E-state index contributed by atoms with van der Waals surface area (Å²) in [6.07, 6.45) is 2.97. The SMILES string of the molecule is CC(=O)NCC1CC(c2cc(F)c(-c3cccnc3)c(F)c2)=NO1. The van der Waals surface area contributed by atoms with Crippen LogP contribution in [0.2, 0.25) is 0 Å². The van der Waals surface area contributed by atoms with Gasteiger partial charge in [0.05, 0.1) is 17.8 Å². The van der Waals surface area contributed by atoms with Gasteiger partial charge in [-0.15, -0.1) is 0 Å². The van der Waals surface area contributed by atoms with E-state index in [2.05, 4.69) is 15.5 Å². The lowest BCUT2D eigenvalue weighted by Gasteiger charge is -2.09. The van der Waals surface area contributed by atoms with Gasteiger partial charge in [0.15, 0.2) is 0 Å². The fourth-order valence-electron chi connectivity index (χ4n) is 2.49. The Bertz CT molecular complexity index is 771. The van der Waals surface area contributed by atoms with Crippen LogP contribution in [0.5, 0.6) is 0 Å². The van der Waals surface area contributed by atoms with Crippen molar-refractivity contribution < 1.29 is 18.4 Å². The van der Waals surface area contributed by atoms with Crippen molar-refractivity contribution in [1.82, 2.24) is 10.3 Å². The molecule has 24 heavy (non-hydrogen) atoms. The molecule has 124 valence electrons. The maximum atomic E-state index is 14.4. The van der Waals surface area contributed by atoms with E-state index in [1.54, 1.807) is 12.1 Å². The van der Waals surface area contributed by atoms with Crippen LogP contribution in [0.25, 0.3) is 11.1 Å². The van der Waals surface area contributed by atoms with Crippen molar-refractivity contribution in [3.8, 4) is 11.1 Å². The molecule has 1 amide bonds. The van der Waals surface area contributed by atoms with E-state index < -0.39 is 11.6 Å². The molecule has 3 rings (SSSR count). The van der Waals surface area contributed by atoms with Crippen molar-refractivity contribution in [2.75, 3.05) is 6.54 Å². The average Bonchev–Trinajstić information content (AvgIpc) is 3.02. The summed E-state index contributed by atoms with van der Waals surface area (Å²) in [7, 11) is 0. The van der Waals surface area contributed by atoms with Crippen LogP contribution in [0.4, 0.5) is 8.78 Å². The van der Waals surface area contributed by atoms with Gasteiger partial charge >= 0.3 is 0 Å². The number of hydrogen-bond acceptors (Lipinski definition) is 4. The van der Waals surface area contributed by atoms with E-state index >= 15 is 0 Å². The summed E-state index contributed by atoms with van der Waals surface area (Å²) in [4.78, 5) is 20.0. The minimum atomic E-state index is -0.689. The molecule has 0 saturated heterocycles. The van der Waals surface area contributed by atoms with Gasteiger partial charge in [-0.1, -0.05) is 11.2 Å². The van der Waals surface area contributed by atoms with Crippen LogP contribution < -0.4 is 5.32 Å². The number of aromatic nitrogens is 1. The predicted octanol–water partition coefficient (Wildman–Crippen LogP) is 2.66. The molecular weight excluding hydrogens is 316 g/mol. The maximum absolute atomic E-state index is 14.4. The molecule has 0 aliphatic carbocycles. The van der Waals surface area contributed by atoms with Crippen LogP contribution in [-0.2, 0) is 9.63 Å². The van der Waals surface area contributed by atoms with Crippen LogP contribution in [0.3, 0.4) is 0 Å². The van der Waals surface area contributed by atoms with Crippen LogP contribution in [-0.4, -0.2) is 29.3 Å². The van der Waals surface area contributed by atoms with Crippen molar-refractivity contribution in [2.24, 2.45) is 5.16 Å². The third-order valence-electron chi connectivity index (χ3n) is 3.64. The fraction of sp³-hybridized carbons (Fsp3) is 0.235. The Labute approximate surface area is 137 Å². The number of hydrogen-bond donors (Lipinski definition) is 1. The Morgan fingerprint density at radius 2 is 2.08 bits per heavy atom. The van der Waals surface area contributed by atoms with E-state index in [4.69, 9.17) is 4.84 Å². The first-order chi connectivity index (χ1) is 11.5. The molecule has 5 nitrogen and oxygen atoms in total. The van der Waals surface area contributed by atoms with Gasteiger partial charge in [0, 0.05) is 36.9 Å². The zero-order valence-corrected chi connectivity index (χ0v) is 12.9. The summed E-state index contributed by atoms with van der Waals surface area (Å²) >= 11 is 0. The molecule has 0 bridgehead atoms. The second-order valence-corrected chi connectivity index (χ2v) is 5.46. The highest BCUT2D eigenvalue weighted by atomic mass is 19.1. The minimum absolute atomic E-state index is 0.124. The van der Waals surface area contributed by atoms with Crippen molar-refractivity contribution in [1.29, 1.82) is 0 Å². The van der Waals surface area contributed by atoms with Crippen LogP contribution in [0.1, 0.15) is 18.9 Å². The monoisotopic (exact) mass is 331 g/mol. The molecule has 0 spiro atoms. The van der Waals surface area contributed by atoms with E-state index in [0.29, 0.717) is 29.8 Å². The molecule has 1 atom stereocenters. The quantitative estimate of drug-likeness (QED) is 0.937. The molecule has 7 heteroatoms. The molecule has 1 aliphatic rings. The lowest BCUT2D eigenvalue weighted by Crippen LogP contribution is -2.30. The Morgan fingerprint density at radius 3 is 2.71 bits per heavy atom. The van der Waals surface area contributed by atoms with Crippen LogP contribution in [0.15, 0.2) is 41.8 Å². The molecule has 0 saturated carbocycles. The molecule has 2 aromatic rings. The first-order valence-electron chi connectivity index (χ1n) is 7.41. The van der Waals surface area contributed by atoms with Crippen molar-refractivity contribution in [3.63, 3.8) is 0 Å². The number of nitrogens with zero attached hydrogens (tertiary/aromatic N) is 2. The van der Waals surface area contributed by atoms with Crippen molar-refractivity contribution in [2.45, 2.75) is 19.4 Å². The molecule has 0 fully saturated rings. The van der Waals surface area contributed by atoms with Gasteiger partial charge in [0.2, 0.25) is 5.91 Å². The average molecular weight is 331 g/mol. The van der Waals surface area contributed by atoms with E-state index in [1.165, 1.54) is 31.5 Å². The zero-order chi connectivity index (χ0) is 17.1. The Morgan fingerprint density at radius 1 is 1.33 bits per heavy atom. The van der Waals surface area contributed by atoms with E-state index in [0.717, 1.165) is 0 Å². The molecule has 1 N–H and O–H groups in total. The minimum Gasteiger partial charge on any atom is -0.390 e. The zero-order valence-electron chi connectivity index (χ0n) is 12.9. The molecule has 1 aliphatic heterocycles. The number of carbonyl (C=O) groups is 1. The standard InChI is InChI=1S/C17H15F2N3O2/c1-10(23)21-9-13-7-16(22-24-13)12-5-14(18)17(15(19)6-12)11-3-2-4-20-8-11/h2-6,8,13H,7,9H2,1H3,(H,21,23). The molecule has 1 aromatic carbocycles. The topological polar surface area (TPSA) is 63.6 Å². The normalized spacial score (nSPS) is 16.5. The summed E-state index contributed by atoms with van der Waals surface area (Å²) < 4.78 is 28.8. The van der Waals surface area contributed by atoms with Gasteiger partial charge in [0.25, 0.3) is 0 Å². The van der Waals surface area contributed by atoms with Gasteiger partial charge in [-0.05, 0) is 18.2 Å². The Kier molecular flexibility index (Phi) is 4.50. The Hall–Kier alpha value is -2.83. The first kappa shape index (κ1) is 16.0. The number of oxime groups is 1. The molecule has 0 radical (unpaired) electrons. The van der Waals surface area contributed by atoms with Crippen molar-refractivity contribution in [3.05, 3.63) is 53.9 Å². The highest BCUT2D eigenvalue weighted by molar-refractivity contribution is 6.01. The number of benzene rings is 1. The second-order valence-electron chi connectivity index (χ2n) is 5.46. The summed E-state index contributed by atoms with van der Waals surface area (Å²) in [5, 5.41) is 6.49. The Balaban J connectivity index is 1.80. The second kappa shape index (κ2) is 6.74. The summed E-state index contributed by atoms with van der Waals surface area (Å²) in [6.45, 7) is 1.69. The van der Waals surface area contributed by atoms with E-state index in [9.17, 15) is 13.6 Å². The van der Waals surface area contributed by atoms with Gasteiger partial charge < -0.3 is 10.2 Å². The summed E-state index contributed by atoms with van der Waals surface area (Å²) in [6, 6.07) is 5.67. The lowest BCUT2D eigenvalue weighted by atomic mass is 9.99. The third kappa shape index (κ3) is 3.40. The predicted molar refractivity (Wildman–Crippen MR) is 84.3 cm³/mol. The smallest absolute Gasteiger partial charge is 0.217 e. The number of nitrogens with one attached hydrogen (secondary N) is 1.